The van der Waals surface area contributed by atoms with Gasteiger partial charge in [-0.1, -0.05) is 20.8 Å². The topological polar surface area (TPSA) is 41.1 Å². The Balaban J connectivity index is 3.84. The minimum atomic E-state index is -0.0834. The smallest absolute Gasteiger partial charge is 0.315 e. The zero-order valence-electron chi connectivity index (χ0n) is 8.69. The lowest BCUT2D eigenvalue weighted by molar-refractivity contribution is 0.223. The SMILES string of the molecule is CCNC(=O)N[C@H](C)C(C)(C)C. The first-order valence-electron chi connectivity index (χ1n) is 4.42. The third-order valence-corrected chi connectivity index (χ3v) is 1.98. The molecule has 3 heteroatoms. The molecule has 0 aromatic heterocycles. The van der Waals surface area contributed by atoms with Gasteiger partial charge >= 0.3 is 6.03 Å². The van der Waals surface area contributed by atoms with Gasteiger partial charge in [-0.05, 0) is 19.3 Å². The van der Waals surface area contributed by atoms with Crippen LogP contribution in [-0.4, -0.2) is 18.6 Å². The molecule has 0 fully saturated rings. The Bertz CT molecular complexity index is 149. The van der Waals surface area contributed by atoms with Crippen LogP contribution in [0.1, 0.15) is 34.6 Å². The van der Waals surface area contributed by atoms with Crippen LogP contribution in [0.2, 0.25) is 0 Å². The first-order chi connectivity index (χ1) is 5.38. The number of urea groups is 1. The molecule has 0 bridgehead atoms. The van der Waals surface area contributed by atoms with Gasteiger partial charge in [-0.2, -0.15) is 0 Å². The summed E-state index contributed by atoms with van der Waals surface area (Å²) in [5.74, 6) is 0. The molecule has 0 unspecified atom stereocenters. The normalized spacial score (nSPS) is 13.8. The highest BCUT2D eigenvalue weighted by atomic mass is 16.2. The highest BCUT2D eigenvalue weighted by molar-refractivity contribution is 5.74. The lowest BCUT2D eigenvalue weighted by Crippen LogP contribution is -2.46. The van der Waals surface area contributed by atoms with Crippen molar-refractivity contribution in [2.75, 3.05) is 6.54 Å². The van der Waals surface area contributed by atoms with Gasteiger partial charge in [0.1, 0.15) is 0 Å². The Hall–Kier alpha value is -0.730. The summed E-state index contributed by atoms with van der Waals surface area (Å²) in [4.78, 5) is 11.1. The van der Waals surface area contributed by atoms with E-state index in [1.165, 1.54) is 0 Å². The summed E-state index contributed by atoms with van der Waals surface area (Å²) in [6.07, 6.45) is 0. The van der Waals surface area contributed by atoms with Gasteiger partial charge in [0.05, 0.1) is 0 Å². The summed E-state index contributed by atoms with van der Waals surface area (Å²) in [6, 6.07) is 0.101. The van der Waals surface area contributed by atoms with E-state index < -0.39 is 0 Å². The number of hydrogen-bond acceptors (Lipinski definition) is 1. The van der Waals surface area contributed by atoms with Crippen LogP contribution in [0.5, 0.6) is 0 Å². The van der Waals surface area contributed by atoms with Crippen molar-refractivity contribution in [3.8, 4) is 0 Å². The van der Waals surface area contributed by atoms with Crippen LogP contribution in [0.3, 0.4) is 0 Å². The number of carbonyl (C=O) groups is 1. The number of hydrogen-bond donors (Lipinski definition) is 2. The maximum Gasteiger partial charge on any atom is 0.315 e. The van der Waals surface area contributed by atoms with Gasteiger partial charge in [-0.3, -0.25) is 0 Å². The first kappa shape index (κ1) is 11.3. The molecule has 1 atom stereocenters. The minimum absolute atomic E-state index is 0.0834. The molecule has 0 saturated heterocycles. The second-order valence-electron chi connectivity index (χ2n) is 4.09. The Labute approximate surface area is 74.9 Å². The fourth-order valence-electron chi connectivity index (χ4n) is 0.625. The maximum absolute atomic E-state index is 11.1. The summed E-state index contributed by atoms with van der Waals surface area (Å²) in [5, 5.41) is 5.57. The van der Waals surface area contributed by atoms with E-state index in [4.69, 9.17) is 0 Å². The summed E-state index contributed by atoms with van der Waals surface area (Å²) in [6.45, 7) is 10.9. The van der Waals surface area contributed by atoms with E-state index in [1.54, 1.807) is 0 Å². The zero-order chi connectivity index (χ0) is 9.78. The molecular weight excluding hydrogens is 152 g/mol. The second-order valence-corrected chi connectivity index (χ2v) is 4.09. The Morgan fingerprint density at radius 1 is 1.42 bits per heavy atom. The van der Waals surface area contributed by atoms with E-state index >= 15 is 0 Å². The molecule has 0 aromatic carbocycles. The van der Waals surface area contributed by atoms with Gasteiger partial charge < -0.3 is 10.6 Å². The van der Waals surface area contributed by atoms with Gasteiger partial charge in [0.2, 0.25) is 0 Å². The van der Waals surface area contributed by atoms with E-state index in [9.17, 15) is 4.79 Å². The molecule has 0 aromatic rings. The number of amides is 2. The maximum atomic E-state index is 11.1. The van der Waals surface area contributed by atoms with E-state index in [0.717, 1.165) is 0 Å². The molecule has 2 amide bonds. The lowest BCUT2D eigenvalue weighted by atomic mass is 9.88. The highest BCUT2D eigenvalue weighted by Crippen LogP contribution is 2.17. The predicted octanol–water partition coefficient (Wildman–Crippen LogP) is 1.74. The van der Waals surface area contributed by atoms with Crippen molar-refractivity contribution in [1.82, 2.24) is 10.6 Å². The van der Waals surface area contributed by atoms with Gasteiger partial charge in [0.15, 0.2) is 0 Å². The van der Waals surface area contributed by atoms with Crippen molar-refractivity contribution in [2.45, 2.75) is 40.7 Å². The quantitative estimate of drug-likeness (QED) is 0.654. The molecule has 3 nitrogen and oxygen atoms in total. The fourth-order valence-corrected chi connectivity index (χ4v) is 0.625. The standard InChI is InChI=1S/C9H20N2O/c1-6-10-8(12)11-7(2)9(3,4)5/h7H,6H2,1-5H3,(H2,10,11,12)/t7-/m1/s1. The molecule has 72 valence electrons. The van der Waals surface area contributed by atoms with Crippen LogP contribution in [0.4, 0.5) is 4.79 Å². The summed E-state index contributed by atoms with van der Waals surface area (Å²) in [5.41, 5.74) is 0.116. The Morgan fingerprint density at radius 2 is 1.92 bits per heavy atom. The Kier molecular flexibility index (Phi) is 4.07. The fraction of sp³-hybridized carbons (Fsp3) is 0.889. The number of rotatable bonds is 2. The van der Waals surface area contributed by atoms with Gasteiger partial charge in [-0.15, -0.1) is 0 Å². The van der Waals surface area contributed by atoms with Crippen molar-refractivity contribution in [1.29, 1.82) is 0 Å². The molecule has 2 N–H and O–H groups in total. The lowest BCUT2D eigenvalue weighted by Gasteiger charge is -2.27. The molecule has 0 aliphatic rings. The third kappa shape index (κ3) is 4.21. The van der Waals surface area contributed by atoms with Crippen LogP contribution in [0.25, 0.3) is 0 Å². The molecule has 0 aliphatic carbocycles. The summed E-state index contributed by atoms with van der Waals surface area (Å²) >= 11 is 0. The van der Waals surface area contributed by atoms with Crippen LogP contribution < -0.4 is 10.6 Å². The Morgan fingerprint density at radius 3 is 2.25 bits per heavy atom. The van der Waals surface area contributed by atoms with Gasteiger partial charge in [-0.25, -0.2) is 4.79 Å². The second kappa shape index (κ2) is 4.33. The molecule has 0 heterocycles. The molecule has 12 heavy (non-hydrogen) atoms. The van der Waals surface area contributed by atoms with Crippen molar-refractivity contribution in [2.24, 2.45) is 5.41 Å². The third-order valence-electron chi connectivity index (χ3n) is 1.98. The van der Waals surface area contributed by atoms with Crippen LogP contribution >= 0.6 is 0 Å². The van der Waals surface area contributed by atoms with E-state index in [-0.39, 0.29) is 17.5 Å². The van der Waals surface area contributed by atoms with Crippen LogP contribution in [0.15, 0.2) is 0 Å². The summed E-state index contributed by atoms with van der Waals surface area (Å²) in [7, 11) is 0. The minimum Gasteiger partial charge on any atom is -0.338 e. The summed E-state index contributed by atoms with van der Waals surface area (Å²) < 4.78 is 0. The largest absolute Gasteiger partial charge is 0.338 e. The van der Waals surface area contributed by atoms with Crippen molar-refractivity contribution in [3.05, 3.63) is 0 Å². The predicted molar refractivity (Wildman–Crippen MR) is 51.1 cm³/mol. The van der Waals surface area contributed by atoms with Crippen molar-refractivity contribution in [3.63, 3.8) is 0 Å². The highest BCUT2D eigenvalue weighted by Gasteiger charge is 2.20. The van der Waals surface area contributed by atoms with E-state index in [2.05, 4.69) is 31.4 Å². The molecule has 0 radical (unpaired) electrons. The van der Waals surface area contributed by atoms with Crippen LogP contribution in [-0.2, 0) is 0 Å². The van der Waals surface area contributed by atoms with Crippen molar-refractivity contribution >= 4 is 6.03 Å². The first-order valence-corrected chi connectivity index (χ1v) is 4.42. The van der Waals surface area contributed by atoms with Crippen LogP contribution in [0, 0.1) is 5.41 Å². The van der Waals surface area contributed by atoms with Gasteiger partial charge in [0.25, 0.3) is 0 Å². The monoisotopic (exact) mass is 172 g/mol. The molecule has 0 spiro atoms. The van der Waals surface area contributed by atoms with Gasteiger partial charge in [0, 0.05) is 12.6 Å². The average molecular weight is 172 g/mol. The molecule has 0 rings (SSSR count). The average Bonchev–Trinajstić information content (AvgIpc) is 1.85. The number of carbonyl (C=O) groups excluding carboxylic acids is 1. The molecular formula is C9H20N2O. The molecule has 0 saturated carbocycles. The van der Waals surface area contributed by atoms with E-state index in [1.807, 2.05) is 13.8 Å². The zero-order valence-corrected chi connectivity index (χ0v) is 8.69. The van der Waals surface area contributed by atoms with E-state index in [0.29, 0.717) is 6.54 Å². The van der Waals surface area contributed by atoms with Crippen molar-refractivity contribution < 1.29 is 4.79 Å². The molecule has 0 aliphatic heterocycles. The number of nitrogens with one attached hydrogen (secondary N) is 2.